The van der Waals surface area contributed by atoms with Gasteiger partial charge in [0.05, 0.1) is 0 Å². The maximum atomic E-state index is 4.68. The van der Waals surface area contributed by atoms with Crippen molar-refractivity contribution in [2.45, 2.75) is 53.1 Å². The molecule has 1 fully saturated rings. The Bertz CT molecular complexity index is 417. The normalized spacial score (nSPS) is 19.4. The van der Waals surface area contributed by atoms with Crippen molar-refractivity contribution < 1.29 is 0 Å². The van der Waals surface area contributed by atoms with Crippen LogP contribution in [-0.4, -0.2) is 29.1 Å². The molecule has 1 N–H and O–H groups in total. The molecule has 1 aliphatic rings. The highest BCUT2D eigenvalue weighted by atomic mass is 15.3. The van der Waals surface area contributed by atoms with Crippen LogP contribution in [0.5, 0.6) is 0 Å². The Morgan fingerprint density at radius 3 is 2.84 bits per heavy atom. The van der Waals surface area contributed by atoms with Crippen molar-refractivity contribution in [1.29, 1.82) is 0 Å². The minimum absolute atomic E-state index is 0.573. The lowest BCUT2D eigenvalue weighted by Gasteiger charge is -2.22. The van der Waals surface area contributed by atoms with E-state index in [0.29, 0.717) is 12.0 Å². The van der Waals surface area contributed by atoms with Crippen LogP contribution in [0.15, 0.2) is 6.20 Å². The number of nitrogens with one attached hydrogen (secondary N) is 1. The van der Waals surface area contributed by atoms with Gasteiger partial charge in [0.15, 0.2) is 0 Å². The molecule has 19 heavy (non-hydrogen) atoms. The van der Waals surface area contributed by atoms with Gasteiger partial charge in [0.2, 0.25) is 5.95 Å². The lowest BCUT2D eigenvalue weighted by molar-refractivity contribution is 0.550. The third kappa shape index (κ3) is 3.66. The third-order valence-corrected chi connectivity index (χ3v) is 3.75. The van der Waals surface area contributed by atoms with Gasteiger partial charge in [0.1, 0.15) is 0 Å². The van der Waals surface area contributed by atoms with E-state index in [1.54, 1.807) is 0 Å². The molecule has 1 saturated heterocycles. The van der Waals surface area contributed by atoms with E-state index in [-0.39, 0.29) is 0 Å². The van der Waals surface area contributed by atoms with E-state index in [1.807, 2.05) is 6.20 Å². The number of aryl methyl sites for hydroxylation is 1. The fraction of sp³-hybridized carbons (Fsp3) is 0.733. The van der Waals surface area contributed by atoms with Crippen molar-refractivity contribution in [1.82, 2.24) is 15.3 Å². The Morgan fingerprint density at radius 2 is 2.26 bits per heavy atom. The average Bonchev–Trinajstić information content (AvgIpc) is 2.77. The van der Waals surface area contributed by atoms with Crippen molar-refractivity contribution in [2.24, 2.45) is 5.92 Å². The van der Waals surface area contributed by atoms with E-state index in [1.165, 1.54) is 18.4 Å². The summed E-state index contributed by atoms with van der Waals surface area (Å²) in [6, 6.07) is 0.573. The summed E-state index contributed by atoms with van der Waals surface area (Å²) in [5.74, 6) is 1.57. The molecule has 1 aliphatic heterocycles. The van der Waals surface area contributed by atoms with Crippen molar-refractivity contribution in [3.05, 3.63) is 17.5 Å². The van der Waals surface area contributed by atoms with E-state index in [2.05, 4.69) is 47.9 Å². The van der Waals surface area contributed by atoms with Gasteiger partial charge in [0.25, 0.3) is 0 Å². The number of nitrogens with zero attached hydrogens (tertiary/aromatic N) is 3. The van der Waals surface area contributed by atoms with Crippen LogP contribution in [0.1, 0.15) is 44.9 Å². The highest BCUT2D eigenvalue weighted by molar-refractivity contribution is 5.35. The van der Waals surface area contributed by atoms with Crippen molar-refractivity contribution in [3.63, 3.8) is 0 Å². The average molecular weight is 262 g/mol. The van der Waals surface area contributed by atoms with Crippen LogP contribution < -0.4 is 10.2 Å². The van der Waals surface area contributed by atoms with Gasteiger partial charge in [-0.15, -0.1) is 0 Å². The predicted molar refractivity (Wildman–Crippen MR) is 79.4 cm³/mol. The van der Waals surface area contributed by atoms with Crippen LogP contribution in [0.3, 0.4) is 0 Å². The van der Waals surface area contributed by atoms with Gasteiger partial charge in [0, 0.05) is 36.6 Å². The van der Waals surface area contributed by atoms with Gasteiger partial charge in [-0.25, -0.2) is 9.97 Å². The summed E-state index contributed by atoms with van der Waals surface area (Å²) in [4.78, 5) is 11.5. The van der Waals surface area contributed by atoms with Crippen LogP contribution in [0.25, 0.3) is 0 Å². The van der Waals surface area contributed by atoms with Crippen molar-refractivity contribution in [3.8, 4) is 0 Å². The number of rotatable bonds is 5. The van der Waals surface area contributed by atoms with Gasteiger partial charge < -0.3 is 10.2 Å². The lowest BCUT2D eigenvalue weighted by Crippen LogP contribution is -2.28. The summed E-state index contributed by atoms with van der Waals surface area (Å²) >= 11 is 0. The molecule has 1 unspecified atom stereocenters. The van der Waals surface area contributed by atoms with Gasteiger partial charge in [-0.1, -0.05) is 13.8 Å². The zero-order valence-electron chi connectivity index (χ0n) is 12.6. The predicted octanol–water partition coefficient (Wildman–Crippen LogP) is 2.52. The monoisotopic (exact) mass is 262 g/mol. The smallest absolute Gasteiger partial charge is 0.225 e. The first-order chi connectivity index (χ1) is 9.08. The zero-order chi connectivity index (χ0) is 13.8. The molecule has 0 spiro atoms. The van der Waals surface area contributed by atoms with Gasteiger partial charge >= 0.3 is 0 Å². The first-order valence-electron chi connectivity index (χ1n) is 7.37. The van der Waals surface area contributed by atoms with Crippen LogP contribution in [0, 0.1) is 12.8 Å². The summed E-state index contributed by atoms with van der Waals surface area (Å²) < 4.78 is 0. The highest BCUT2D eigenvalue weighted by Crippen LogP contribution is 2.22. The molecule has 0 saturated carbocycles. The maximum Gasteiger partial charge on any atom is 0.225 e. The Hall–Kier alpha value is -1.16. The molecule has 0 radical (unpaired) electrons. The van der Waals surface area contributed by atoms with E-state index in [9.17, 15) is 0 Å². The Labute approximate surface area is 116 Å². The molecular weight excluding hydrogens is 236 g/mol. The van der Waals surface area contributed by atoms with Crippen LogP contribution in [-0.2, 0) is 6.54 Å². The molecule has 0 bridgehead atoms. The third-order valence-electron chi connectivity index (χ3n) is 3.75. The van der Waals surface area contributed by atoms with Crippen LogP contribution >= 0.6 is 0 Å². The molecule has 1 aromatic rings. The molecule has 2 rings (SSSR count). The molecule has 0 aliphatic carbocycles. The quantitative estimate of drug-likeness (QED) is 0.885. The summed E-state index contributed by atoms with van der Waals surface area (Å²) in [6.07, 6.45) is 4.48. The second-order valence-corrected chi connectivity index (χ2v) is 5.99. The van der Waals surface area contributed by atoms with Gasteiger partial charge in [-0.2, -0.15) is 0 Å². The van der Waals surface area contributed by atoms with Gasteiger partial charge in [-0.3, -0.25) is 0 Å². The molecular formula is C15H26N4. The minimum Gasteiger partial charge on any atom is -0.338 e. The fourth-order valence-corrected chi connectivity index (χ4v) is 2.52. The zero-order valence-corrected chi connectivity index (χ0v) is 12.6. The van der Waals surface area contributed by atoms with E-state index < -0.39 is 0 Å². The molecule has 4 heteroatoms. The standard InChI is InChI=1S/C15H26N4/c1-11(2)8-16-9-14-10-17-15(18-13(14)4)19-7-5-6-12(19)3/h10-12,16H,5-9H2,1-4H3. The number of aromatic nitrogens is 2. The lowest BCUT2D eigenvalue weighted by atomic mass is 10.2. The van der Waals surface area contributed by atoms with E-state index in [4.69, 9.17) is 0 Å². The van der Waals surface area contributed by atoms with E-state index >= 15 is 0 Å². The minimum atomic E-state index is 0.573. The first-order valence-corrected chi connectivity index (χ1v) is 7.37. The number of hydrogen-bond donors (Lipinski definition) is 1. The SMILES string of the molecule is Cc1nc(N2CCCC2C)ncc1CNCC(C)C. The molecule has 1 atom stereocenters. The topological polar surface area (TPSA) is 41.1 Å². The Balaban J connectivity index is 2.00. The summed E-state index contributed by atoms with van der Waals surface area (Å²) in [5, 5.41) is 3.45. The fourth-order valence-electron chi connectivity index (χ4n) is 2.52. The molecule has 1 aromatic heterocycles. The van der Waals surface area contributed by atoms with Gasteiger partial charge in [-0.05, 0) is 39.2 Å². The summed E-state index contributed by atoms with van der Waals surface area (Å²) in [7, 11) is 0. The Morgan fingerprint density at radius 1 is 1.47 bits per heavy atom. The largest absolute Gasteiger partial charge is 0.338 e. The highest BCUT2D eigenvalue weighted by Gasteiger charge is 2.22. The van der Waals surface area contributed by atoms with Crippen molar-refractivity contribution >= 4 is 5.95 Å². The molecule has 0 aromatic carbocycles. The van der Waals surface area contributed by atoms with Crippen molar-refractivity contribution in [2.75, 3.05) is 18.0 Å². The summed E-state index contributed by atoms with van der Waals surface area (Å²) in [6.45, 7) is 11.8. The maximum absolute atomic E-state index is 4.68. The second-order valence-electron chi connectivity index (χ2n) is 5.99. The summed E-state index contributed by atoms with van der Waals surface area (Å²) in [5.41, 5.74) is 2.30. The number of anilines is 1. The molecule has 2 heterocycles. The molecule has 0 amide bonds. The van der Waals surface area contributed by atoms with Crippen LogP contribution in [0.2, 0.25) is 0 Å². The first kappa shape index (κ1) is 14.3. The number of hydrogen-bond acceptors (Lipinski definition) is 4. The van der Waals surface area contributed by atoms with E-state index in [0.717, 1.165) is 31.3 Å². The molecule has 106 valence electrons. The Kier molecular flexibility index (Phi) is 4.75. The second kappa shape index (κ2) is 6.33. The van der Waals surface area contributed by atoms with Crippen LogP contribution in [0.4, 0.5) is 5.95 Å². The molecule has 4 nitrogen and oxygen atoms in total.